The van der Waals surface area contributed by atoms with E-state index in [0.717, 1.165) is 34.8 Å². The van der Waals surface area contributed by atoms with Crippen LogP contribution in [0, 0.1) is 11.8 Å². The van der Waals surface area contributed by atoms with E-state index in [9.17, 15) is 4.79 Å². The van der Waals surface area contributed by atoms with Crippen LogP contribution < -0.4 is 16.4 Å². The average Bonchev–Trinajstić information content (AvgIpc) is 2.62. The fourth-order valence-electron chi connectivity index (χ4n) is 3.00. The van der Waals surface area contributed by atoms with E-state index in [1.807, 2.05) is 6.26 Å². The zero-order valence-corrected chi connectivity index (χ0v) is 14.6. The maximum atomic E-state index is 11.5. The van der Waals surface area contributed by atoms with Crippen LogP contribution in [0.4, 0.5) is 10.7 Å². The van der Waals surface area contributed by atoms with Crippen molar-refractivity contribution in [2.45, 2.75) is 38.0 Å². The second-order valence-electron chi connectivity index (χ2n) is 5.97. The normalized spacial score (nSPS) is 19.8. The van der Waals surface area contributed by atoms with E-state index in [2.05, 4.69) is 18.7 Å². The quantitative estimate of drug-likeness (QED) is 0.831. The second-order valence-corrected chi connectivity index (χ2v) is 7.79. The van der Waals surface area contributed by atoms with Crippen LogP contribution in [-0.2, 0) is 0 Å². The molecule has 1 unspecified atom stereocenters. The van der Waals surface area contributed by atoms with Crippen LogP contribution in [0.15, 0.2) is 4.90 Å². The van der Waals surface area contributed by atoms with Gasteiger partial charge in [0.25, 0.3) is 5.91 Å². The lowest BCUT2D eigenvalue weighted by molar-refractivity contribution is 0.100. The Balaban J connectivity index is 2.25. The first-order valence-electron chi connectivity index (χ1n) is 7.46. The monoisotopic (exact) mass is 327 g/mol. The molecule has 0 saturated carbocycles. The number of carbonyl (C=O) groups excluding carboxylic acids is 1. The first-order valence-corrected chi connectivity index (χ1v) is 9.50. The Morgan fingerprint density at radius 3 is 2.67 bits per heavy atom. The van der Waals surface area contributed by atoms with Gasteiger partial charge in [0.15, 0.2) is 0 Å². The van der Waals surface area contributed by atoms with Crippen molar-refractivity contribution in [3.05, 3.63) is 4.88 Å². The lowest BCUT2D eigenvalue weighted by Gasteiger charge is -2.23. The Kier molecular flexibility index (Phi) is 5.43. The van der Waals surface area contributed by atoms with E-state index in [-0.39, 0.29) is 0 Å². The van der Waals surface area contributed by atoms with E-state index in [1.54, 1.807) is 11.8 Å². The standard InChI is InChI=1S/C15H25N3OS2/c1-9(2)10-5-4-7-18(8-6-10)15-13(20-3)11(16)12(21-15)14(17)19/h9-10H,4-8,16H2,1-3H3,(H2,17,19). The number of thioether (sulfide) groups is 1. The summed E-state index contributed by atoms with van der Waals surface area (Å²) in [6, 6.07) is 0. The van der Waals surface area contributed by atoms with Gasteiger partial charge in [0, 0.05) is 13.1 Å². The van der Waals surface area contributed by atoms with E-state index < -0.39 is 5.91 Å². The van der Waals surface area contributed by atoms with Gasteiger partial charge in [-0.2, -0.15) is 0 Å². The molecule has 0 aliphatic carbocycles. The van der Waals surface area contributed by atoms with Gasteiger partial charge in [0.1, 0.15) is 9.88 Å². The molecule has 0 bridgehead atoms. The van der Waals surface area contributed by atoms with Gasteiger partial charge in [0.2, 0.25) is 0 Å². The summed E-state index contributed by atoms with van der Waals surface area (Å²) in [4.78, 5) is 15.4. The predicted molar refractivity (Wildman–Crippen MR) is 93.4 cm³/mol. The number of nitrogens with two attached hydrogens (primary N) is 2. The Labute approximate surface area is 135 Å². The van der Waals surface area contributed by atoms with Crippen molar-refractivity contribution in [1.82, 2.24) is 0 Å². The third-order valence-corrected chi connectivity index (χ3v) is 6.54. The largest absolute Gasteiger partial charge is 0.396 e. The Morgan fingerprint density at radius 1 is 1.38 bits per heavy atom. The summed E-state index contributed by atoms with van der Waals surface area (Å²) >= 11 is 3.05. The number of hydrogen-bond donors (Lipinski definition) is 2. The molecule has 0 radical (unpaired) electrons. The van der Waals surface area contributed by atoms with Gasteiger partial charge in [-0.25, -0.2) is 0 Å². The first-order chi connectivity index (χ1) is 9.95. The molecule has 0 aromatic carbocycles. The van der Waals surface area contributed by atoms with Gasteiger partial charge in [-0.05, 0) is 37.4 Å². The van der Waals surface area contributed by atoms with Crippen molar-refractivity contribution in [2.24, 2.45) is 17.6 Å². The highest BCUT2D eigenvalue weighted by Gasteiger charge is 2.25. The van der Waals surface area contributed by atoms with Gasteiger partial charge in [-0.15, -0.1) is 23.1 Å². The van der Waals surface area contributed by atoms with Crippen LogP contribution in [0.5, 0.6) is 0 Å². The molecule has 1 amide bonds. The van der Waals surface area contributed by atoms with E-state index in [1.165, 1.54) is 30.6 Å². The van der Waals surface area contributed by atoms with Crippen molar-refractivity contribution in [1.29, 1.82) is 0 Å². The molecule has 21 heavy (non-hydrogen) atoms. The fraction of sp³-hybridized carbons (Fsp3) is 0.667. The predicted octanol–water partition coefficient (Wildman–Crippen LogP) is 3.41. The lowest BCUT2D eigenvalue weighted by Crippen LogP contribution is -2.24. The molecular formula is C15H25N3OS2. The SMILES string of the molecule is CSc1c(N2CCCC(C(C)C)CC2)sc(C(N)=O)c1N. The highest BCUT2D eigenvalue weighted by molar-refractivity contribution is 7.99. The Hall–Kier alpha value is -0.880. The number of hydrogen-bond acceptors (Lipinski definition) is 5. The third-order valence-electron chi connectivity index (χ3n) is 4.31. The number of carbonyl (C=O) groups is 1. The van der Waals surface area contributed by atoms with Crippen molar-refractivity contribution in [3.8, 4) is 0 Å². The summed E-state index contributed by atoms with van der Waals surface area (Å²) in [5.74, 6) is 1.11. The number of rotatable bonds is 4. The number of anilines is 2. The molecule has 2 rings (SSSR count). The zero-order chi connectivity index (χ0) is 15.6. The van der Waals surface area contributed by atoms with E-state index in [4.69, 9.17) is 11.5 Å². The third kappa shape index (κ3) is 3.48. The van der Waals surface area contributed by atoms with Crippen LogP contribution in [0.3, 0.4) is 0 Å². The van der Waals surface area contributed by atoms with Crippen LogP contribution >= 0.6 is 23.1 Å². The topological polar surface area (TPSA) is 72.3 Å². The Morgan fingerprint density at radius 2 is 2.10 bits per heavy atom. The molecular weight excluding hydrogens is 302 g/mol. The summed E-state index contributed by atoms with van der Waals surface area (Å²) < 4.78 is 0. The maximum Gasteiger partial charge on any atom is 0.261 e. The molecule has 6 heteroatoms. The van der Waals surface area contributed by atoms with Gasteiger partial charge >= 0.3 is 0 Å². The summed E-state index contributed by atoms with van der Waals surface area (Å²) in [5.41, 5.74) is 12.1. The summed E-state index contributed by atoms with van der Waals surface area (Å²) in [5, 5.41) is 1.12. The molecule has 118 valence electrons. The zero-order valence-electron chi connectivity index (χ0n) is 13.0. The molecule has 1 aromatic rings. The summed E-state index contributed by atoms with van der Waals surface area (Å²) in [6.07, 6.45) is 5.68. The highest BCUT2D eigenvalue weighted by Crippen LogP contribution is 2.44. The van der Waals surface area contributed by atoms with Crippen LogP contribution in [-0.4, -0.2) is 25.3 Å². The number of nitrogen functional groups attached to an aromatic ring is 1. The van der Waals surface area contributed by atoms with Crippen LogP contribution in [0.25, 0.3) is 0 Å². The van der Waals surface area contributed by atoms with Gasteiger partial charge < -0.3 is 16.4 Å². The van der Waals surface area contributed by atoms with Crippen molar-refractivity contribution < 1.29 is 4.79 Å². The minimum Gasteiger partial charge on any atom is -0.396 e. The smallest absolute Gasteiger partial charge is 0.261 e. The molecule has 1 aliphatic rings. The minimum absolute atomic E-state index is 0.422. The van der Waals surface area contributed by atoms with E-state index >= 15 is 0 Å². The van der Waals surface area contributed by atoms with Crippen molar-refractivity contribution in [3.63, 3.8) is 0 Å². The first kappa shape index (κ1) is 16.5. The fourth-order valence-corrected chi connectivity index (χ4v) is 5.08. The van der Waals surface area contributed by atoms with Crippen LogP contribution in [0.1, 0.15) is 42.8 Å². The Bertz CT molecular complexity index is 513. The average molecular weight is 328 g/mol. The van der Waals surface area contributed by atoms with Gasteiger partial charge in [0.05, 0.1) is 10.6 Å². The maximum absolute atomic E-state index is 11.5. The molecule has 1 fully saturated rings. The highest BCUT2D eigenvalue weighted by atomic mass is 32.2. The van der Waals surface area contributed by atoms with Gasteiger partial charge in [-0.1, -0.05) is 13.8 Å². The van der Waals surface area contributed by atoms with Gasteiger partial charge in [-0.3, -0.25) is 4.79 Å². The van der Waals surface area contributed by atoms with Crippen molar-refractivity contribution in [2.75, 3.05) is 30.0 Å². The molecule has 1 atom stereocenters. The molecule has 2 heterocycles. The number of thiophene rings is 1. The van der Waals surface area contributed by atoms with E-state index in [0.29, 0.717) is 10.6 Å². The molecule has 0 spiro atoms. The van der Waals surface area contributed by atoms with Crippen LogP contribution in [0.2, 0.25) is 0 Å². The number of primary amides is 1. The molecule has 4 nitrogen and oxygen atoms in total. The number of nitrogens with zero attached hydrogens (tertiary/aromatic N) is 1. The summed E-state index contributed by atoms with van der Waals surface area (Å²) in [6.45, 7) is 6.69. The molecule has 1 saturated heterocycles. The van der Waals surface area contributed by atoms with Crippen molar-refractivity contribution >= 4 is 39.7 Å². The lowest BCUT2D eigenvalue weighted by atomic mass is 9.89. The number of amides is 1. The molecule has 1 aromatic heterocycles. The summed E-state index contributed by atoms with van der Waals surface area (Å²) in [7, 11) is 0. The molecule has 4 N–H and O–H groups in total. The second kappa shape index (κ2) is 6.92. The molecule has 1 aliphatic heterocycles. The minimum atomic E-state index is -0.422.